The molecule has 1 heterocycles. The Morgan fingerprint density at radius 1 is 1.46 bits per heavy atom. The molecular formula is C11H13NO. The van der Waals surface area contributed by atoms with Gasteiger partial charge in [-0.3, -0.25) is 9.78 Å². The molecule has 0 spiro atoms. The van der Waals surface area contributed by atoms with Crippen LogP contribution < -0.4 is 0 Å². The third kappa shape index (κ3) is 3.65. The third-order valence-electron chi connectivity index (χ3n) is 1.87. The molecule has 0 saturated carbocycles. The first-order chi connectivity index (χ1) is 6.33. The predicted molar refractivity (Wildman–Crippen MR) is 52.4 cm³/mol. The van der Waals surface area contributed by atoms with Gasteiger partial charge in [0.1, 0.15) is 0 Å². The van der Waals surface area contributed by atoms with Gasteiger partial charge in [-0.05, 0) is 36.6 Å². The summed E-state index contributed by atoms with van der Waals surface area (Å²) in [5.41, 5.74) is 1.23. The van der Waals surface area contributed by atoms with Crippen LogP contribution in [0.25, 0.3) is 0 Å². The molecule has 13 heavy (non-hydrogen) atoms. The number of hydrogen-bond acceptors (Lipinski definition) is 2. The van der Waals surface area contributed by atoms with Crippen molar-refractivity contribution in [1.82, 2.24) is 4.98 Å². The average Bonchev–Trinajstić information content (AvgIpc) is 2.19. The molecule has 0 bridgehead atoms. The van der Waals surface area contributed by atoms with E-state index in [4.69, 9.17) is 0 Å². The van der Waals surface area contributed by atoms with Crippen molar-refractivity contribution in [3.8, 4) is 0 Å². The van der Waals surface area contributed by atoms with Gasteiger partial charge in [0.2, 0.25) is 0 Å². The minimum Gasteiger partial charge on any atom is -0.295 e. The largest absolute Gasteiger partial charge is 0.295 e. The lowest BCUT2D eigenvalue weighted by molar-refractivity contribution is -0.114. The quantitative estimate of drug-likeness (QED) is 0.642. The first kappa shape index (κ1) is 9.65. The fourth-order valence-electron chi connectivity index (χ4n) is 1.12. The van der Waals surface area contributed by atoms with E-state index in [0.717, 1.165) is 12.8 Å². The second-order valence-corrected chi connectivity index (χ2v) is 2.88. The number of carbonyl (C=O) groups is 1. The monoisotopic (exact) mass is 175 g/mol. The maximum atomic E-state index is 10.9. The van der Waals surface area contributed by atoms with Gasteiger partial charge in [0, 0.05) is 18.8 Å². The summed E-state index contributed by atoms with van der Waals surface area (Å²) in [7, 11) is 0. The number of hydrogen-bond donors (Lipinski definition) is 0. The van der Waals surface area contributed by atoms with Gasteiger partial charge >= 0.3 is 0 Å². The van der Waals surface area contributed by atoms with Crippen LogP contribution in [0.15, 0.2) is 37.2 Å². The average molecular weight is 175 g/mol. The topological polar surface area (TPSA) is 30.0 Å². The van der Waals surface area contributed by atoms with Crippen molar-refractivity contribution in [2.75, 3.05) is 0 Å². The van der Waals surface area contributed by atoms with Gasteiger partial charge in [0.15, 0.2) is 5.78 Å². The minimum atomic E-state index is 0.119. The Labute approximate surface area is 78.3 Å². The van der Waals surface area contributed by atoms with E-state index in [2.05, 4.69) is 11.6 Å². The number of nitrogens with zero attached hydrogens (tertiary/aromatic N) is 1. The Morgan fingerprint density at radius 3 is 2.77 bits per heavy atom. The molecule has 0 aliphatic carbocycles. The maximum Gasteiger partial charge on any atom is 0.155 e. The molecule has 1 aromatic rings. The van der Waals surface area contributed by atoms with Gasteiger partial charge in [0.05, 0.1) is 0 Å². The zero-order valence-electron chi connectivity index (χ0n) is 7.57. The molecule has 1 aromatic heterocycles. The Morgan fingerprint density at radius 2 is 2.15 bits per heavy atom. The SMILES string of the molecule is C=CC(=O)CCCc1ccncc1. The van der Waals surface area contributed by atoms with E-state index in [9.17, 15) is 4.79 Å². The highest BCUT2D eigenvalue weighted by Gasteiger charge is 1.96. The van der Waals surface area contributed by atoms with E-state index < -0.39 is 0 Å². The van der Waals surface area contributed by atoms with Crippen molar-refractivity contribution in [2.45, 2.75) is 19.3 Å². The van der Waals surface area contributed by atoms with Crippen LogP contribution in [0, 0.1) is 0 Å². The zero-order chi connectivity index (χ0) is 9.52. The Hall–Kier alpha value is -1.44. The van der Waals surface area contributed by atoms with Gasteiger partial charge in [-0.1, -0.05) is 6.58 Å². The fraction of sp³-hybridized carbons (Fsp3) is 0.273. The molecule has 0 saturated heterocycles. The van der Waals surface area contributed by atoms with Crippen molar-refractivity contribution in [3.05, 3.63) is 42.7 Å². The molecule has 0 unspecified atom stereocenters. The Balaban J connectivity index is 2.28. The van der Waals surface area contributed by atoms with Crippen molar-refractivity contribution in [2.24, 2.45) is 0 Å². The van der Waals surface area contributed by atoms with Gasteiger partial charge in [-0.25, -0.2) is 0 Å². The van der Waals surface area contributed by atoms with Gasteiger partial charge in [0.25, 0.3) is 0 Å². The highest BCUT2D eigenvalue weighted by Crippen LogP contribution is 2.03. The highest BCUT2D eigenvalue weighted by atomic mass is 16.1. The molecule has 1 rings (SSSR count). The van der Waals surface area contributed by atoms with E-state index in [1.54, 1.807) is 12.4 Å². The summed E-state index contributed by atoms with van der Waals surface area (Å²) >= 11 is 0. The van der Waals surface area contributed by atoms with Crippen LogP contribution in [-0.2, 0) is 11.2 Å². The number of aryl methyl sites for hydroxylation is 1. The smallest absolute Gasteiger partial charge is 0.155 e. The molecule has 0 aliphatic rings. The summed E-state index contributed by atoms with van der Waals surface area (Å²) < 4.78 is 0. The van der Waals surface area contributed by atoms with Crippen LogP contribution in [0.3, 0.4) is 0 Å². The van der Waals surface area contributed by atoms with Crippen molar-refractivity contribution in [1.29, 1.82) is 0 Å². The fourth-order valence-corrected chi connectivity index (χ4v) is 1.12. The lowest BCUT2D eigenvalue weighted by atomic mass is 10.1. The van der Waals surface area contributed by atoms with Crippen molar-refractivity contribution >= 4 is 5.78 Å². The van der Waals surface area contributed by atoms with Crippen LogP contribution >= 0.6 is 0 Å². The van der Waals surface area contributed by atoms with Crippen LogP contribution in [0.2, 0.25) is 0 Å². The molecule has 0 aliphatic heterocycles. The summed E-state index contributed by atoms with van der Waals surface area (Å²) in [6, 6.07) is 3.94. The predicted octanol–water partition coefficient (Wildman–Crippen LogP) is 2.16. The molecule has 0 aromatic carbocycles. The molecule has 0 radical (unpaired) electrons. The number of carbonyl (C=O) groups excluding carboxylic acids is 1. The normalized spacial score (nSPS) is 9.54. The zero-order valence-corrected chi connectivity index (χ0v) is 7.57. The first-order valence-electron chi connectivity index (χ1n) is 4.37. The minimum absolute atomic E-state index is 0.119. The molecule has 2 heteroatoms. The van der Waals surface area contributed by atoms with Crippen LogP contribution in [0.4, 0.5) is 0 Å². The van der Waals surface area contributed by atoms with Gasteiger partial charge in [-0.15, -0.1) is 0 Å². The van der Waals surface area contributed by atoms with Gasteiger partial charge < -0.3 is 0 Å². The number of aromatic nitrogens is 1. The second-order valence-electron chi connectivity index (χ2n) is 2.88. The maximum absolute atomic E-state index is 10.9. The first-order valence-corrected chi connectivity index (χ1v) is 4.37. The van der Waals surface area contributed by atoms with Crippen molar-refractivity contribution in [3.63, 3.8) is 0 Å². The standard InChI is InChI=1S/C11H13NO/c1-2-11(13)5-3-4-10-6-8-12-9-7-10/h2,6-9H,1,3-5H2. The molecule has 0 amide bonds. The van der Waals surface area contributed by atoms with Crippen LogP contribution in [0.1, 0.15) is 18.4 Å². The van der Waals surface area contributed by atoms with Crippen LogP contribution in [0.5, 0.6) is 0 Å². The van der Waals surface area contributed by atoms with E-state index in [-0.39, 0.29) is 5.78 Å². The summed E-state index contributed by atoms with van der Waals surface area (Å²) in [6.07, 6.45) is 7.32. The summed E-state index contributed by atoms with van der Waals surface area (Å²) in [4.78, 5) is 14.8. The molecule has 0 fully saturated rings. The highest BCUT2D eigenvalue weighted by molar-refractivity contribution is 5.88. The molecule has 68 valence electrons. The van der Waals surface area contributed by atoms with E-state index in [1.807, 2.05) is 12.1 Å². The molecule has 2 nitrogen and oxygen atoms in total. The van der Waals surface area contributed by atoms with E-state index in [1.165, 1.54) is 11.6 Å². The number of rotatable bonds is 5. The van der Waals surface area contributed by atoms with Crippen LogP contribution in [-0.4, -0.2) is 10.8 Å². The summed E-state index contributed by atoms with van der Waals surface area (Å²) in [5, 5.41) is 0. The number of ketones is 1. The summed E-state index contributed by atoms with van der Waals surface area (Å²) in [6.45, 7) is 3.43. The Bertz CT molecular complexity index is 279. The molecule has 0 atom stereocenters. The van der Waals surface area contributed by atoms with Crippen molar-refractivity contribution < 1.29 is 4.79 Å². The number of pyridine rings is 1. The number of allylic oxidation sites excluding steroid dienone is 1. The molecular weight excluding hydrogens is 162 g/mol. The Kier molecular flexibility index (Phi) is 3.89. The van der Waals surface area contributed by atoms with E-state index in [0.29, 0.717) is 6.42 Å². The molecule has 0 N–H and O–H groups in total. The van der Waals surface area contributed by atoms with E-state index >= 15 is 0 Å². The summed E-state index contributed by atoms with van der Waals surface area (Å²) in [5.74, 6) is 0.119. The third-order valence-corrected chi connectivity index (χ3v) is 1.87. The van der Waals surface area contributed by atoms with Gasteiger partial charge in [-0.2, -0.15) is 0 Å². The second kappa shape index (κ2) is 5.25. The lowest BCUT2D eigenvalue weighted by Gasteiger charge is -1.97. The lowest BCUT2D eigenvalue weighted by Crippen LogP contribution is -1.93.